The zero-order valence-electron chi connectivity index (χ0n) is 8.73. The minimum absolute atomic E-state index is 0.758. The summed E-state index contributed by atoms with van der Waals surface area (Å²) in [7, 11) is 0. The summed E-state index contributed by atoms with van der Waals surface area (Å²) in [5, 5.41) is 0. The van der Waals surface area contributed by atoms with Gasteiger partial charge in [-0.3, -0.25) is 9.98 Å². The van der Waals surface area contributed by atoms with Gasteiger partial charge in [-0.1, -0.05) is 6.07 Å². The van der Waals surface area contributed by atoms with Gasteiger partial charge in [0.25, 0.3) is 0 Å². The fraction of sp³-hybridized carbons (Fsp3) is 0.167. The summed E-state index contributed by atoms with van der Waals surface area (Å²) in [6, 6.07) is 7.92. The van der Waals surface area contributed by atoms with Crippen molar-refractivity contribution in [3.05, 3.63) is 52.5 Å². The molecule has 0 aromatic carbocycles. The molecule has 2 aromatic rings. The highest BCUT2D eigenvalue weighted by Crippen LogP contribution is 2.08. The van der Waals surface area contributed by atoms with Crippen LogP contribution < -0.4 is 0 Å². The van der Waals surface area contributed by atoms with E-state index in [0.29, 0.717) is 0 Å². The molecule has 0 bridgehead atoms. The summed E-state index contributed by atoms with van der Waals surface area (Å²) >= 11 is 3.37. The molecular formula is C12H12BrN3. The first-order valence-corrected chi connectivity index (χ1v) is 5.87. The lowest BCUT2D eigenvalue weighted by Crippen LogP contribution is -1.93. The Bertz CT molecular complexity index is 462. The maximum atomic E-state index is 4.33. The normalized spacial score (nSPS) is 11.1. The van der Waals surface area contributed by atoms with Gasteiger partial charge in [-0.2, -0.15) is 0 Å². The van der Waals surface area contributed by atoms with E-state index in [1.807, 2.05) is 36.7 Å². The highest BCUT2D eigenvalue weighted by molar-refractivity contribution is 9.10. The fourth-order valence-corrected chi connectivity index (χ4v) is 1.71. The zero-order valence-corrected chi connectivity index (χ0v) is 10.3. The summed E-state index contributed by atoms with van der Waals surface area (Å²) in [6.07, 6.45) is 6.41. The molecule has 2 rings (SSSR count). The van der Waals surface area contributed by atoms with Crippen LogP contribution in [0.4, 0.5) is 0 Å². The smallest absolute Gasteiger partial charge is 0.0573 e. The van der Waals surface area contributed by atoms with Crippen LogP contribution in [0.5, 0.6) is 0 Å². The van der Waals surface area contributed by atoms with Crippen molar-refractivity contribution >= 4 is 22.1 Å². The van der Waals surface area contributed by atoms with E-state index in [4.69, 9.17) is 0 Å². The van der Waals surface area contributed by atoms with E-state index in [1.165, 1.54) is 0 Å². The molecule has 0 aliphatic carbocycles. The average Bonchev–Trinajstić information content (AvgIpc) is 2.72. The second-order valence-electron chi connectivity index (χ2n) is 3.38. The first-order valence-electron chi connectivity index (χ1n) is 5.08. The predicted molar refractivity (Wildman–Crippen MR) is 68.9 cm³/mol. The molecule has 0 fully saturated rings. The number of rotatable bonds is 4. The number of aliphatic imine (C=N–C) groups is 1. The number of aromatic amines is 1. The molecule has 0 unspecified atom stereocenters. The van der Waals surface area contributed by atoms with Crippen molar-refractivity contribution in [2.24, 2.45) is 4.99 Å². The Morgan fingerprint density at radius 3 is 3.06 bits per heavy atom. The van der Waals surface area contributed by atoms with Gasteiger partial charge in [-0.25, -0.2) is 0 Å². The lowest BCUT2D eigenvalue weighted by Gasteiger charge is -1.95. The molecule has 0 atom stereocenters. The number of nitrogens with zero attached hydrogens (tertiary/aromatic N) is 2. The minimum atomic E-state index is 0.758. The Morgan fingerprint density at radius 1 is 1.44 bits per heavy atom. The van der Waals surface area contributed by atoms with E-state index in [0.717, 1.165) is 28.8 Å². The third kappa shape index (κ3) is 3.31. The first-order chi connectivity index (χ1) is 7.84. The van der Waals surface area contributed by atoms with E-state index in [1.54, 1.807) is 6.20 Å². The van der Waals surface area contributed by atoms with Crippen LogP contribution in [0.3, 0.4) is 0 Å². The fourth-order valence-electron chi connectivity index (χ4n) is 1.35. The van der Waals surface area contributed by atoms with Gasteiger partial charge in [0.2, 0.25) is 0 Å². The van der Waals surface area contributed by atoms with Crippen molar-refractivity contribution in [3.63, 3.8) is 0 Å². The summed E-state index contributed by atoms with van der Waals surface area (Å²) < 4.78 is 1.04. The zero-order chi connectivity index (χ0) is 11.2. The lowest BCUT2D eigenvalue weighted by molar-refractivity contribution is 0.926. The second kappa shape index (κ2) is 5.61. The monoisotopic (exact) mass is 277 g/mol. The molecule has 0 saturated carbocycles. The maximum absolute atomic E-state index is 4.33. The highest BCUT2D eigenvalue weighted by atomic mass is 79.9. The topological polar surface area (TPSA) is 41.0 Å². The van der Waals surface area contributed by atoms with Gasteiger partial charge in [0, 0.05) is 41.7 Å². The van der Waals surface area contributed by atoms with Crippen molar-refractivity contribution in [3.8, 4) is 0 Å². The molecule has 0 radical (unpaired) electrons. The van der Waals surface area contributed by atoms with Crippen molar-refractivity contribution in [1.29, 1.82) is 0 Å². The third-order valence-electron chi connectivity index (χ3n) is 2.12. The molecule has 0 amide bonds. The molecule has 1 N–H and O–H groups in total. The molecule has 2 heterocycles. The minimum Gasteiger partial charge on any atom is -0.359 e. The predicted octanol–water partition coefficient (Wildman–Crippen LogP) is 2.83. The second-order valence-corrected chi connectivity index (χ2v) is 4.30. The summed E-state index contributed by atoms with van der Waals surface area (Å²) in [6.45, 7) is 0.758. The molecule has 0 spiro atoms. The van der Waals surface area contributed by atoms with Crippen LogP contribution in [-0.4, -0.2) is 22.7 Å². The van der Waals surface area contributed by atoms with Gasteiger partial charge >= 0.3 is 0 Å². The van der Waals surface area contributed by atoms with Gasteiger partial charge in [0.1, 0.15) is 0 Å². The molecule has 2 aromatic heterocycles. The SMILES string of the molecule is Brc1c[nH]c(C=NCCc2ccccn2)c1. The lowest BCUT2D eigenvalue weighted by atomic mass is 10.3. The van der Waals surface area contributed by atoms with Crippen LogP contribution in [-0.2, 0) is 6.42 Å². The van der Waals surface area contributed by atoms with Gasteiger partial charge < -0.3 is 4.98 Å². The largest absolute Gasteiger partial charge is 0.359 e. The molecule has 16 heavy (non-hydrogen) atoms. The van der Waals surface area contributed by atoms with Crippen LogP contribution in [0.1, 0.15) is 11.4 Å². The Morgan fingerprint density at radius 2 is 2.38 bits per heavy atom. The van der Waals surface area contributed by atoms with Crippen LogP contribution in [0, 0.1) is 0 Å². The van der Waals surface area contributed by atoms with Crippen molar-refractivity contribution in [1.82, 2.24) is 9.97 Å². The van der Waals surface area contributed by atoms with E-state index in [-0.39, 0.29) is 0 Å². The van der Waals surface area contributed by atoms with E-state index in [2.05, 4.69) is 30.9 Å². The van der Waals surface area contributed by atoms with Crippen molar-refractivity contribution < 1.29 is 0 Å². The van der Waals surface area contributed by atoms with E-state index < -0.39 is 0 Å². The average molecular weight is 278 g/mol. The number of hydrogen-bond donors (Lipinski definition) is 1. The molecule has 3 nitrogen and oxygen atoms in total. The summed E-state index contributed by atoms with van der Waals surface area (Å²) in [4.78, 5) is 11.7. The number of pyridine rings is 1. The molecule has 0 aliphatic heterocycles. The van der Waals surface area contributed by atoms with E-state index in [9.17, 15) is 0 Å². The number of halogens is 1. The van der Waals surface area contributed by atoms with Gasteiger partial charge in [-0.05, 0) is 34.1 Å². The van der Waals surface area contributed by atoms with Crippen molar-refractivity contribution in [2.45, 2.75) is 6.42 Å². The molecular weight excluding hydrogens is 266 g/mol. The molecule has 0 aliphatic rings. The van der Waals surface area contributed by atoms with Gasteiger partial charge in [-0.15, -0.1) is 0 Å². The number of aromatic nitrogens is 2. The maximum Gasteiger partial charge on any atom is 0.0573 e. The number of nitrogens with one attached hydrogen (secondary N) is 1. The Labute approximate surface area is 103 Å². The third-order valence-corrected chi connectivity index (χ3v) is 2.58. The van der Waals surface area contributed by atoms with Crippen molar-refractivity contribution in [2.75, 3.05) is 6.54 Å². The molecule has 4 heteroatoms. The highest BCUT2D eigenvalue weighted by Gasteiger charge is 1.92. The molecule has 0 saturated heterocycles. The number of H-pyrrole nitrogens is 1. The summed E-state index contributed by atoms with van der Waals surface area (Å²) in [5.74, 6) is 0. The number of hydrogen-bond acceptors (Lipinski definition) is 2. The molecule has 82 valence electrons. The van der Waals surface area contributed by atoms with Gasteiger partial charge in [0.05, 0.1) is 5.69 Å². The van der Waals surface area contributed by atoms with Crippen LogP contribution in [0.15, 0.2) is 46.1 Å². The Hall–Kier alpha value is -1.42. The Balaban J connectivity index is 1.82. The summed E-state index contributed by atoms with van der Waals surface area (Å²) in [5.41, 5.74) is 2.08. The van der Waals surface area contributed by atoms with Crippen LogP contribution in [0.2, 0.25) is 0 Å². The van der Waals surface area contributed by atoms with Crippen LogP contribution >= 0.6 is 15.9 Å². The standard InChI is InChI=1S/C12H12BrN3/c13-10-7-12(16-8-10)9-14-6-4-11-3-1-2-5-15-11/h1-3,5,7-9,16H,4,6H2. The van der Waals surface area contributed by atoms with Crippen LogP contribution in [0.25, 0.3) is 0 Å². The first kappa shape index (κ1) is 11.1. The van der Waals surface area contributed by atoms with Gasteiger partial charge in [0.15, 0.2) is 0 Å². The Kier molecular flexibility index (Phi) is 3.88. The van der Waals surface area contributed by atoms with E-state index >= 15 is 0 Å². The quantitative estimate of drug-likeness (QED) is 0.858.